The topological polar surface area (TPSA) is 12.5 Å². The number of likely N-dealkylation sites (tertiary alicyclic amines) is 1. The van der Waals surface area contributed by atoms with E-state index in [1.165, 1.54) is 44.3 Å². The Bertz CT molecular complexity index is 404. The van der Waals surface area contributed by atoms with E-state index < -0.39 is 0 Å². The lowest BCUT2D eigenvalue weighted by Crippen LogP contribution is -2.52. The Hall–Kier alpha value is -0.380. The fraction of sp³-hybridized carbons (Fsp3) is 0.733. The summed E-state index contributed by atoms with van der Waals surface area (Å²) in [6.45, 7) is 5.87. The third-order valence-corrected chi connectivity index (χ3v) is 6.07. The molecule has 3 rings (SSSR count). The van der Waals surface area contributed by atoms with Gasteiger partial charge < -0.3 is 4.74 Å². The molecule has 0 radical (unpaired) electrons. The number of nitrogens with zero attached hydrogens (tertiary/aromatic N) is 1. The van der Waals surface area contributed by atoms with Gasteiger partial charge in [0.15, 0.2) is 0 Å². The summed E-state index contributed by atoms with van der Waals surface area (Å²) in [6.07, 6.45) is 5.87. The molecule has 1 spiro atoms. The van der Waals surface area contributed by atoms with E-state index in [0.717, 1.165) is 6.54 Å². The standard InChI is InChI=1S/C15H23NOS/c1-12-4-10-18-13(12)11-16-8-6-15(7-9-16)5-3-14(15)17-2/h4,10,14H,3,5-9,11H2,1-2H3. The van der Waals surface area contributed by atoms with Crippen LogP contribution in [0.1, 0.15) is 36.1 Å². The van der Waals surface area contributed by atoms with Gasteiger partial charge in [0.05, 0.1) is 6.10 Å². The minimum Gasteiger partial charge on any atom is -0.381 e. The van der Waals surface area contributed by atoms with Crippen molar-refractivity contribution in [3.05, 3.63) is 21.9 Å². The molecule has 1 aromatic heterocycles. The van der Waals surface area contributed by atoms with Gasteiger partial charge in [-0.15, -0.1) is 11.3 Å². The summed E-state index contributed by atoms with van der Waals surface area (Å²) in [6, 6.07) is 2.23. The Balaban J connectivity index is 1.56. The number of hydrogen-bond donors (Lipinski definition) is 0. The predicted molar refractivity (Wildman–Crippen MR) is 76.0 cm³/mol. The van der Waals surface area contributed by atoms with Gasteiger partial charge in [-0.25, -0.2) is 0 Å². The molecule has 0 bridgehead atoms. The van der Waals surface area contributed by atoms with Crippen LogP contribution in [0.25, 0.3) is 0 Å². The van der Waals surface area contributed by atoms with Crippen LogP contribution in [0.15, 0.2) is 11.4 Å². The largest absolute Gasteiger partial charge is 0.381 e. The first-order valence-corrected chi connectivity index (χ1v) is 7.90. The van der Waals surface area contributed by atoms with Crippen LogP contribution in [0.2, 0.25) is 0 Å². The number of methoxy groups -OCH3 is 1. The fourth-order valence-corrected chi connectivity index (χ4v) is 4.48. The zero-order valence-electron chi connectivity index (χ0n) is 11.4. The second-order valence-electron chi connectivity index (χ2n) is 5.93. The number of rotatable bonds is 3. The average Bonchev–Trinajstić information content (AvgIpc) is 2.75. The zero-order chi connectivity index (χ0) is 12.6. The van der Waals surface area contributed by atoms with Crippen LogP contribution in [0.3, 0.4) is 0 Å². The highest BCUT2D eigenvalue weighted by molar-refractivity contribution is 7.10. The third-order valence-electron chi connectivity index (χ3n) is 5.06. The van der Waals surface area contributed by atoms with E-state index in [0.29, 0.717) is 11.5 Å². The summed E-state index contributed by atoms with van der Waals surface area (Å²) in [5.41, 5.74) is 1.99. The van der Waals surface area contributed by atoms with Crippen LogP contribution in [-0.2, 0) is 11.3 Å². The number of hydrogen-bond acceptors (Lipinski definition) is 3. The molecular weight excluding hydrogens is 242 g/mol. The average molecular weight is 265 g/mol. The normalized spacial score (nSPS) is 27.3. The second-order valence-corrected chi connectivity index (χ2v) is 6.93. The number of piperidine rings is 1. The molecule has 100 valence electrons. The van der Waals surface area contributed by atoms with Gasteiger partial charge in [-0.3, -0.25) is 4.90 Å². The van der Waals surface area contributed by atoms with Gasteiger partial charge in [0.25, 0.3) is 0 Å². The van der Waals surface area contributed by atoms with E-state index >= 15 is 0 Å². The Kier molecular flexibility index (Phi) is 3.48. The Morgan fingerprint density at radius 3 is 2.67 bits per heavy atom. The van der Waals surface area contributed by atoms with E-state index in [-0.39, 0.29) is 0 Å². The highest BCUT2D eigenvalue weighted by atomic mass is 32.1. The van der Waals surface area contributed by atoms with Crippen LogP contribution in [0.5, 0.6) is 0 Å². The molecule has 2 aliphatic rings. The van der Waals surface area contributed by atoms with E-state index in [4.69, 9.17) is 4.74 Å². The SMILES string of the molecule is COC1CCC12CCN(Cc1sccc1C)CC2. The number of thiophene rings is 1. The first kappa shape index (κ1) is 12.6. The monoisotopic (exact) mass is 265 g/mol. The molecule has 2 heterocycles. The van der Waals surface area contributed by atoms with Crippen molar-refractivity contribution in [3.8, 4) is 0 Å². The molecule has 0 N–H and O–H groups in total. The van der Waals surface area contributed by atoms with E-state index in [1.54, 1.807) is 4.88 Å². The van der Waals surface area contributed by atoms with Crippen molar-refractivity contribution in [3.63, 3.8) is 0 Å². The number of ether oxygens (including phenoxy) is 1. The first-order valence-electron chi connectivity index (χ1n) is 7.02. The van der Waals surface area contributed by atoms with Crippen LogP contribution in [0, 0.1) is 12.3 Å². The van der Waals surface area contributed by atoms with Crippen molar-refractivity contribution in [2.75, 3.05) is 20.2 Å². The van der Waals surface area contributed by atoms with Crippen molar-refractivity contribution in [2.24, 2.45) is 5.41 Å². The van der Waals surface area contributed by atoms with Gasteiger partial charge in [0.2, 0.25) is 0 Å². The zero-order valence-corrected chi connectivity index (χ0v) is 12.3. The van der Waals surface area contributed by atoms with Gasteiger partial charge in [0, 0.05) is 18.5 Å². The minimum atomic E-state index is 0.537. The van der Waals surface area contributed by atoms with Crippen LogP contribution in [-0.4, -0.2) is 31.2 Å². The summed E-state index contributed by atoms with van der Waals surface area (Å²) in [7, 11) is 1.88. The van der Waals surface area contributed by atoms with Crippen molar-refractivity contribution in [1.82, 2.24) is 4.90 Å². The molecule has 1 saturated heterocycles. The molecule has 0 aromatic carbocycles. The maximum Gasteiger partial charge on any atom is 0.0628 e. The lowest BCUT2D eigenvalue weighted by Gasteiger charge is -2.53. The van der Waals surface area contributed by atoms with Crippen molar-refractivity contribution in [2.45, 2.75) is 45.3 Å². The van der Waals surface area contributed by atoms with Crippen LogP contribution in [0.4, 0.5) is 0 Å². The molecule has 1 aromatic rings. The summed E-state index contributed by atoms with van der Waals surface area (Å²) >= 11 is 1.90. The molecule has 1 unspecified atom stereocenters. The predicted octanol–water partition coefficient (Wildman–Crippen LogP) is 3.45. The Labute approximate surface area is 114 Å². The van der Waals surface area contributed by atoms with Crippen molar-refractivity contribution >= 4 is 11.3 Å². The molecule has 2 nitrogen and oxygen atoms in total. The molecule has 0 amide bonds. The third kappa shape index (κ3) is 2.13. The van der Waals surface area contributed by atoms with Gasteiger partial charge in [-0.05, 0) is 68.1 Å². The van der Waals surface area contributed by atoms with E-state index in [9.17, 15) is 0 Å². The highest BCUT2D eigenvalue weighted by Gasteiger charge is 2.48. The lowest BCUT2D eigenvalue weighted by atomic mass is 9.61. The van der Waals surface area contributed by atoms with E-state index in [2.05, 4.69) is 23.3 Å². The molecule has 18 heavy (non-hydrogen) atoms. The molecule has 1 aliphatic heterocycles. The van der Waals surface area contributed by atoms with Gasteiger partial charge in [-0.1, -0.05) is 0 Å². The second kappa shape index (κ2) is 4.95. The lowest BCUT2D eigenvalue weighted by molar-refractivity contribution is -0.120. The summed E-state index contributed by atoms with van der Waals surface area (Å²) in [5, 5.41) is 2.21. The van der Waals surface area contributed by atoms with Crippen LogP contribution < -0.4 is 0 Å². The smallest absolute Gasteiger partial charge is 0.0628 e. The molecule has 1 atom stereocenters. The van der Waals surface area contributed by atoms with Gasteiger partial charge >= 0.3 is 0 Å². The minimum absolute atomic E-state index is 0.537. The molecule has 1 aliphatic carbocycles. The summed E-state index contributed by atoms with van der Waals surface area (Å²) in [5.74, 6) is 0. The summed E-state index contributed by atoms with van der Waals surface area (Å²) < 4.78 is 5.62. The van der Waals surface area contributed by atoms with E-state index in [1.807, 2.05) is 18.4 Å². The summed E-state index contributed by atoms with van der Waals surface area (Å²) in [4.78, 5) is 4.16. The van der Waals surface area contributed by atoms with Gasteiger partial charge in [0.1, 0.15) is 0 Å². The number of aryl methyl sites for hydroxylation is 1. The molecule has 3 heteroatoms. The molecule has 1 saturated carbocycles. The fourth-order valence-electron chi connectivity index (χ4n) is 3.54. The van der Waals surface area contributed by atoms with Gasteiger partial charge in [-0.2, -0.15) is 0 Å². The van der Waals surface area contributed by atoms with Crippen LogP contribution >= 0.6 is 11.3 Å². The maximum absolute atomic E-state index is 5.62. The van der Waals surface area contributed by atoms with Crippen molar-refractivity contribution in [1.29, 1.82) is 0 Å². The van der Waals surface area contributed by atoms with Crippen molar-refractivity contribution < 1.29 is 4.74 Å². The molecule has 2 fully saturated rings. The molecular formula is C15H23NOS. The Morgan fingerprint density at radius 1 is 1.39 bits per heavy atom. The highest BCUT2D eigenvalue weighted by Crippen LogP contribution is 2.50. The quantitative estimate of drug-likeness (QED) is 0.830. The maximum atomic E-state index is 5.62. The Morgan fingerprint density at radius 2 is 2.17 bits per heavy atom. The first-order chi connectivity index (χ1) is 8.73.